The standard InChI is InChI=1S/C29H36F3N3O3/c1-19(2)28(27(37)34-17-20-5-3-8-24(15-20)29(30,31)32)12-9-25(18-38-28)35-13-10-21(11-14-35)22-6-4-7-23(16-22)26(33)36/h3-8,15-16,19,21,25H,9-14,17-18H2,1-2H3,(H2,33,36)(H,34,37). The number of benzene rings is 2. The third kappa shape index (κ3) is 6.21. The van der Waals surface area contributed by atoms with E-state index in [1.165, 1.54) is 6.07 Å². The first-order chi connectivity index (χ1) is 18.0. The monoisotopic (exact) mass is 531 g/mol. The summed E-state index contributed by atoms with van der Waals surface area (Å²) >= 11 is 0. The molecule has 2 atom stereocenters. The first-order valence-electron chi connectivity index (χ1n) is 13.2. The molecule has 2 saturated heterocycles. The molecule has 38 heavy (non-hydrogen) atoms. The van der Waals surface area contributed by atoms with Crippen molar-refractivity contribution in [3.05, 3.63) is 70.8 Å². The van der Waals surface area contributed by atoms with E-state index in [0.717, 1.165) is 50.0 Å². The summed E-state index contributed by atoms with van der Waals surface area (Å²) in [5.74, 6) is -0.424. The van der Waals surface area contributed by atoms with Gasteiger partial charge in [-0.25, -0.2) is 0 Å². The fourth-order valence-electron chi connectivity index (χ4n) is 5.70. The van der Waals surface area contributed by atoms with Crippen LogP contribution in [0.4, 0.5) is 13.2 Å². The van der Waals surface area contributed by atoms with Crippen molar-refractivity contribution in [3.8, 4) is 0 Å². The van der Waals surface area contributed by atoms with Crippen LogP contribution < -0.4 is 11.1 Å². The third-order valence-corrected chi connectivity index (χ3v) is 8.10. The molecule has 206 valence electrons. The van der Waals surface area contributed by atoms with Gasteiger partial charge in [-0.15, -0.1) is 0 Å². The lowest BCUT2D eigenvalue weighted by atomic mass is 9.80. The normalized spacial score (nSPS) is 23.4. The van der Waals surface area contributed by atoms with Gasteiger partial charge < -0.3 is 15.8 Å². The predicted octanol–water partition coefficient (Wildman–Crippen LogP) is 4.87. The molecule has 0 aromatic heterocycles. The minimum Gasteiger partial charge on any atom is -0.366 e. The summed E-state index contributed by atoms with van der Waals surface area (Å²) in [5.41, 5.74) is 5.75. The Labute approximate surface area is 221 Å². The molecule has 2 heterocycles. The highest BCUT2D eigenvalue weighted by Crippen LogP contribution is 2.37. The van der Waals surface area contributed by atoms with Crippen LogP contribution in [0.3, 0.4) is 0 Å². The number of halogens is 3. The number of carbonyl (C=O) groups is 2. The predicted molar refractivity (Wildman–Crippen MR) is 138 cm³/mol. The number of rotatable bonds is 7. The van der Waals surface area contributed by atoms with E-state index in [9.17, 15) is 22.8 Å². The zero-order valence-electron chi connectivity index (χ0n) is 21.9. The average molecular weight is 532 g/mol. The van der Waals surface area contributed by atoms with Crippen molar-refractivity contribution in [3.63, 3.8) is 0 Å². The summed E-state index contributed by atoms with van der Waals surface area (Å²) in [7, 11) is 0. The molecule has 9 heteroatoms. The number of ether oxygens (including phenoxy) is 1. The largest absolute Gasteiger partial charge is 0.416 e. The SMILES string of the molecule is CC(C)C1(C(=O)NCc2cccc(C(F)(F)F)c2)CCC(N2CCC(c3cccc(C(N)=O)c3)CC2)CO1. The molecule has 4 rings (SSSR count). The fourth-order valence-corrected chi connectivity index (χ4v) is 5.70. The van der Waals surface area contributed by atoms with Crippen molar-refractivity contribution in [2.24, 2.45) is 11.7 Å². The summed E-state index contributed by atoms with van der Waals surface area (Å²) in [6.45, 7) is 6.11. The quantitative estimate of drug-likeness (QED) is 0.534. The Bertz CT molecular complexity index is 1140. The molecule has 2 aromatic rings. The molecule has 3 N–H and O–H groups in total. The van der Waals surface area contributed by atoms with Crippen LogP contribution in [0.15, 0.2) is 48.5 Å². The molecule has 0 aliphatic carbocycles. The maximum atomic E-state index is 13.3. The van der Waals surface area contributed by atoms with Gasteiger partial charge in [-0.3, -0.25) is 14.5 Å². The number of alkyl halides is 3. The summed E-state index contributed by atoms with van der Waals surface area (Å²) in [5, 5.41) is 2.82. The highest BCUT2D eigenvalue weighted by atomic mass is 19.4. The van der Waals surface area contributed by atoms with Crippen LogP contribution in [0, 0.1) is 5.92 Å². The van der Waals surface area contributed by atoms with Gasteiger partial charge >= 0.3 is 6.18 Å². The molecule has 0 radical (unpaired) electrons. The van der Waals surface area contributed by atoms with Gasteiger partial charge in [-0.1, -0.05) is 38.1 Å². The molecule has 0 bridgehead atoms. The summed E-state index contributed by atoms with van der Waals surface area (Å²) < 4.78 is 45.4. The zero-order valence-corrected chi connectivity index (χ0v) is 21.9. The van der Waals surface area contributed by atoms with Gasteiger partial charge in [0.2, 0.25) is 5.91 Å². The minimum absolute atomic E-state index is 0.00841. The van der Waals surface area contributed by atoms with Gasteiger partial charge in [0.05, 0.1) is 12.2 Å². The third-order valence-electron chi connectivity index (χ3n) is 8.10. The van der Waals surface area contributed by atoms with Crippen molar-refractivity contribution in [1.29, 1.82) is 0 Å². The second-order valence-corrected chi connectivity index (χ2v) is 10.7. The van der Waals surface area contributed by atoms with E-state index < -0.39 is 23.2 Å². The number of nitrogens with zero attached hydrogens (tertiary/aromatic N) is 1. The number of nitrogens with two attached hydrogens (primary N) is 1. The van der Waals surface area contributed by atoms with E-state index in [2.05, 4.69) is 10.2 Å². The van der Waals surface area contributed by atoms with Crippen molar-refractivity contribution in [2.45, 2.75) is 69.8 Å². The smallest absolute Gasteiger partial charge is 0.366 e. The average Bonchev–Trinajstić information content (AvgIpc) is 2.91. The van der Waals surface area contributed by atoms with Crippen LogP contribution >= 0.6 is 0 Å². The van der Waals surface area contributed by atoms with Gasteiger partial charge in [0.1, 0.15) is 5.60 Å². The van der Waals surface area contributed by atoms with E-state index in [-0.39, 0.29) is 24.4 Å². The van der Waals surface area contributed by atoms with Crippen LogP contribution in [0.2, 0.25) is 0 Å². The molecule has 2 aliphatic heterocycles. The first kappa shape index (κ1) is 28.1. The lowest BCUT2D eigenvalue weighted by molar-refractivity contribution is -0.170. The number of hydrogen-bond donors (Lipinski definition) is 2. The van der Waals surface area contributed by atoms with Crippen LogP contribution in [-0.2, 0) is 22.3 Å². The topological polar surface area (TPSA) is 84.7 Å². The van der Waals surface area contributed by atoms with Crippen molar-refractivity contribution < 1.29 is 27.5 Å². The maximum Gasteiger partial charge on any atom is 0.416 e. The van der Waals surface area contributed by atoms with E-state index >= 15 is 0 Å². The molecular weight excluding hydrogens is 495 g/mol. The number of primary amides is 1. The van der Waals surface area contributed by atoms with Crippen LogP contribution in [-0.4, -0.2) is 48.1 Å². The lowest BCUT2D eigenvalue weighted by Crippen LogP contribution is -2.58. The number of carbonyl (C=O) groups excluding carboxylic acids is 2. The van der Waals surface area contributed by atoms with Crippen molar-refractivity contribution >= 4 is 11.8 Å². The summed E-state index contributed by atoms with van der Waals surface area (Å²) in [6, 6.07) is 12.8. The molecule has 2 fully saturated rings. The van der Waals surface area contributed by atoms with Gasteiger partial charge in [-0.05, 0) is 86.0 Å². The zero-order chi connectivity index (χ0) is 27.5. The number of hydrogen-bond acceptors (Lipinski definition) is 4. The highest BCUT2D eigenvalue weighted by Gasteiger charge is 2.46. The second kappa shape index (κ2) is 11.5. The van der Waals surface area contributed by atoms with Gasteiger partial charge in [0.25, 0.3) is 5.91 Å². The number of likely N-dealkylation sites (tertiary alicyclic amines) is 1. The van der Waals surface area contributed by atoms with Gasteiger partial charge in [0.15, 0.2) is 0 Å². The molecule has 2 aromatic carbocycles. The van der Waals surface area contributed by atoms with Crippen molar-refractivity contribution in [1.82, 2.24) is 10.2 Å². The maximum absolute atomic E-state index is 13.3. The molecular formula is C29H36F3N3O3. The first-order valence-corrected chi connectivity index (χ1v) is 13.2. The Balaban J connectivity index is 1.32. The van der Waals surface area contributed by atoms with Crippen LogP contribution in [0.1, 0.15) is 72.5 Å². The van der Waals surface area contributed by atoms with Gasteiger partial charge in [-0.2, -0.15) is 13.2 Å². The van der Waals surface area contributed by atoms with Crippen molar-refractivity contribution in [2.75, 3.05) is 19.7 Å². The Morgan fingerprint density at radius 2 is 1.82 bits per heavy atom. The van der Waals surface area contributed by atoms with E-state index in [1.807, 2.05) is 32.0 Å². The van der Waals surface area contributed by atoms with Crippen LogP contribution in [0.25, 0.3) is 0 Å². The van der Waals surface area contributed by atoms with E-state index in [1.54, 1.807) is 12.1 Å². The molecule has 0 spiro atoms. The summed E-state index contributed by atoms with van der Waals surface area (Å²) in [6.07, 6.45) is -1.15. The Morgan fingerprint density at radius 1 is 1.11 bits per heavy atom. The Kier molecular flexibility index (Phi) is 8.47. The van der Waals surface area contributed by atoms with Crippen LogP contribution in [0.5, 0.6) is 0 Å². The van der Waals surface area contributed by atoms with E-state index in [0.29, 0.717) is 30.1 Å². The highest BCUT2D eigenvalue weighted by molar-refractivity contribution is 5.92. The molecule has 0 saturated carbocycles. The lowest BCUT2D eigenvalue weighted by Gasteiger charge is -2.46. The molecule has 2 aliphatic rings. The molecule has 2 amide bonds. The number of piperidine rings is 1. The molecule has 2 unspecified atom stereocenters. The second-order valence-electron chi connectivity index (χ2n) is 10.7. The molecule has 6 nitrogen and oxygen atoms in total. The number of amides is 2. The van der Waals surface area contributed by atoms with Gasteiger partial charge in [0, 0.05) is 18.2 Å². The van der Waals surface area contributed by atoms with E-state index in [4.69, 9.17) is 10.5 Å². The number of nitrogens with one attached hydrogen (secondary N) is 1. The fraction of sp³-hybridized carbons (Fsp3) is 0.517. The Hall–Kier alpha value is -2.91. The minimum atomic E-state index is -4.43. The Morgan fingerprint density at radius 3 is 2.42 bits per heavy atom. The summed E-state index contributed by atoms with van der Waals surface area (Å²) in [4.78, 5) is 27.2.